The number of hydrogen-bond acceptors (Lipinski definition) is 7. The number of methoxy groups -OCH3 is 2. The summed E-state index contributed by atoms with van der Waals surface area (Å²) in [6.45, 7) is 3.52. The number of fused-ring (bicyclic) bond motifs is 1. The third-order valence-electron chi connectivity index (χ3n) is 6.59. The molecule has 0 N–H and O–H groups in total. The van der Waals surface area contributed by atoms with Gasteiger partial charge < -0.3 is 19.3 Å². The van der Waals surface area contributed by atoms with Gasteiger partial charge in [-0.2, -0.15) is 0 Å². The van der Waals surface area contributed by atoms with Crippen molar-refractivity contribution in [1.82, 2.24) is 9.97 Å². The van der Waals surface area contributed by atoms with Crippen LogP contribution in [0.2, 0.25) is 0 Å². The van der Waals surface area contributed by atoms with Crippen molar-refractivity contribution in [2.75, 3.05) is 50.2 Å². The molecule has 0 radical (unpaired) electrons. The van der Waals surface area contributed by atoms with Gasteiger partial charge in [-0.3, -0.25) is 4.79 Å². The Labute approximate surface area is 194 Å². The van der Waals surface area contributed by atoms with Crippen LogP contribution >= 0.6 is 0 Å². The van der Waals surface area contributed by atoms with Gasteiger partial charge in [0.1, 0.15) is 0 Å². The summed E-state index contributed by atoms with van der Waals surface area (Å²) in [5, 5.41) is 0. The first-order valence-electron chi connectivity index (χ1n) is 11.3. The molecule has 7 nitrogen and oxygen atoms in total. The molecular weight excluding hydrogens is 416 g/mol. The molecule has 1 fully saturated rings. The average molecular weight is 445 g/mol. The molecule has 7 heteroatoms. The van der Waals surface area contributed by atoms with E-state index in [0.717, 1.165) is 37.4 Å². The summed E-state index contributed by atoms with van der Waals surface area (Å²) < 4.78 is 10.8. The van der Waals surface area contributed by atoms with Crippen LogP contribution < -0.4 is 19.3 Å². The minimum absolute atomic E-state index is 0.0579. The first kappa shape index (κ1) is 21.2. The average Bonchev–Trinajstić information content (AvgIpc) is 2.88. The fourth-order valence-electron chi connectivity index (χ4n) is 4.73. The van der Waals surface area contributed by atoms with E-state index in [4.69, 9.17) is 14.5 Å². The second kappa shape index (κ2) is 9.10. The molecule has 170 valence electrons. The number of nitrogens with zero attached hydrogens (tertiary/aromatic N) is 4. The van der Waals surface area contributed by atoms with E-state index in [2.05, 4.69) is 39.0 Å². The van der Waals surface area contributed by atoms with Crippen molar-refractivity contribution in [3.8, 4) is 11.5 Å². The van der Waals surface area contributed by atoms with Crippen LogP contribution in [0.3, 0.4) is 0 Å². The van der Waals surface area contributed by atoms with Gasteiger partial charge in [-0.25, -0.2) is 9.97 Å². The van der Waals surface area contributed by atoms with E-state index in [1.807, 2.05) is 24.3 Å². The predicted molar refractivity (Wildman–Crippen MR) is 128 cm³/mol. The van der Waals surface area contributed by atoms with Gasteiger partial charge in [-0.1, -0.05) is 24.3 Å². The molecule has 2 heterocycles. The van der Waals surface area contributed by atoms with E-state index in [-0.39, 0.29) is 11.7 Å². The molecule has 0 bridgehead atoms. The Kier molecular flexibility index (Phi) is 5.86. The Morgan fingerprint density at radius 1 is 0.879 bits per heavy atom. The van der Waals surface area contributed by atoms with Gasteiger partial charge in [0.15, 0.2) is 17.3 Å². The summed E-state index contributed by atoms with van der Waals surface area (Å²) in [6, 6.07) is 16.3. The zero-order valence-electron chi connectivity index (χ0n) is 19.0. The lowest BCUT2D eigenvalue weighted by Gasteiger charge is -2.36. The third-order valence-corrected chi connectivity index (χ3v) is 6.59. The van der Waals surface area contributed by atoms with Crippen LogP contribution in [-0.4, -0.2) is 56.1 Å². The van der Waals surface area contributed by atoms with Crippen molar-refractivity contribution in [3.05, 3.63) is 71.5 Å². The molecule has 33 heavy (non-hydrogen) atoms. The van der Waals surface area contributed by atoms with Gasteiger partial charge >= 0.3 is 0 Å². The van der Waals surface area contributed by atoms with Crippen molar-refractivity contribution in [2.45, 2.75) is 18.8 Å². The van der Waals surface area contributed by atoms with Crippen molar-refractivity contribution >= 4 is 17.4 Å². The van der Waals surface area contributed by atoms with Crippen LogP contribution in [0.1, 0.15) is 34.0 Å². The summed E-state index contributed by atoms with van der Waals surface area (Å²) in [6.07, 6.45) is 2.87. The molecule has 2 aromatic carbocycles. The quantitative estimate of drug-likeness (QED) is 0.594. The topological polar surface area (TPSA) is 67.8 Å². The van der Waals surface area contributed by atoms with Gasteiger partial charge in [0.05, 0.1) is 25.5 Å². The van der Waals surface area contributed by atoms with Gasteiger partial charge in [-0.15, -0.1) is 0 Å². The Morgan fingerprint density at radius 3 is 2.33 bits per heavy atom. The van der Waals surface area contributed by atoms with E-state index in [9.17, 15) is 4.79 Å². The summed E-state index contributed by atoms with van der Waals surface area (Å²) >= 11 is 0. The van der Waals surface area contributed by atoms with E-state index >= 15 is 0 Å². The van der Waals surface area contributed by atoms with Crippen LogP contribution in [0.5, 0.6) is 11.5 Å². The fourth-order valence-corrected chi connectivity index (χ4v) is 4.73. The smallest absolute Gasteiger partial charge is 0.225 e. The normalized spacial score (nSPS) is 18.1. The highest BCUT2D eigenvalue weighted by Crippen LogP contribution is 2.36. The fraction of sp³-hybridized carbons (Fsp3) is 0.346. The molecule has 1 aromatic heterocycles. The number of para-hydroxylation sites is 1. The van der Waals surface area contributed by atoms with Gasteiger partial charge in [0.25, 0.3) is 0 Å². The maximum Gasteiger partial charge on any atom is 0.225 e. The largest absolute Gasteiger partial charge is 0.493 e. The number of Topliss-reactive ketones (excluding diaryl/α,β-unsaturated/α-hetero) is 1. The monoisotopic (exact) mass is 444 g/mol. The van der Waals surface area contributed by atoms with Crippen LogP contribution in [0.4, 0.5) is 11.6 Å². The Balaban J connectivity index is 1.33. The molecular formula is C26H28N4O3. The van der Waals surface area contributed by atoms with E-state index in [0.29, 0.717) is 35.9 Å². The number of carbonyl (C=O) groups is 1. The number of aromatic nitrogens is 2. The molecule has 0 unspecified atom stereocenters. The number of piperazine rings is 1. The lowest BCUT2D eigenvalue weighted by atomic mass is 9.82. The van der Waals surface area contributed by atoms with E-state index in [1.165, 1.54) is 5.69 Å². The van der Waals surface area contributed by atoms with Crippen molar-refractivity contribution < 1.29 is 14.3 Å². The third kappa shape index (κ3) is 4.23. The molecule has 1 atom stereocenters. The first-order valence-corrected chi connectivity index (χ1v) is 11.3. The molecule has 0 spiro atoms. The summed E-state index contributed by atoms with van der Waals surface area (Å²) in [7, 11) is 3.25. The lowest BCUT2D eigenvalue weighted by molar-refractivity contribution is 0.0962. The number of benzene rings is 2. The molecule has 0 saturated carbocycles. The lowest BCUT2D eigenvalue weighted by Crippen LogP contribution is -2.47. The number of hydrogen-bond donors (Lipinski definition) is 0. The van der Waals surface area contributed by atoms with E-state index < -0.39 is 0 Å². The maximum atomic E-state index is 12.9. The maximum absolute atomic E-state index is 12.9. The summed E-state index contributed by atoms with van der Waals surface area (Å²) in [5.41, 5.74) is 3.79. The highest BCUT2D eigenvalue weighted by atomic mass is 16.5. The van der Waals surface area contributed by atoms with Crippen LogP contribution in [0, 0.1) is 0 Å². The zero-order chi connectivity index (χ0) is 22.8. The van der Waals surface area contributed by atoms with Crippen molar-refractivity contribution in [1.29, 1.82) is 0 Å². The van der Waals surface area contributed by atoms with Crippen molar-refractivity contribution in [2.24, 2.45) is 0 Å². The molecule has 2 aliphatic rings. The van der Waals surface area contributed by atoms with Crippen molar-refractivity contribution in [3.63, 3.8) is 0 Å². The van der Waals surface area contributed by atoms with Crippen LogP contribution in [0.25, 0.3) is 0 Å². The Morgan fingerprint density at radius 2 is 1.61 bits per heavy atom. The summed E-state index contributed by atoms with van der Waals surface area (Å²) in [4.78, 5) is 26.9. The van der Waals surface area contributed by atoms with Crippen LogP contribution in [-0.2, 0) is 6.42 Å². The molecule has 3 aromatic rings. The molecule has 1 aliphatic heterocycles. The molecule has 1 saturated heterocycles. The minimum Gasteiger partial charge on any atom is -0.493 e. The molecule has 0 amide bonds. The number of anilines is 2. The first-order chi connectivity index (χ1) is 16.2. The number of ketones is 1. The van der Waals surface area contributed by atoms with Crippen LogP contribution in [0.15, 0.2) is 54.7 Å². The molecule has 5 rings (SSSR count). The number of rotatable bonds is 5. The van der Waals surface area contributed by atoms with Gasteiger partial charge in [0.2, 0.25) is 5.95 Å². The standard InChI is InChI=1S/C26H28N4O3/c1-32-24-9-8-18(16-25(24)33-2)19-14-22-21(23(31)15-19)17-27-26(28-22)30-12-10-29(11-13-30)20-6-4-3-5-7-20/h3-9,16-17,19H,10-15H2,1-2H3/t19-/m1/s1. The highest BCUT2D eigenvalue weighted by Gasteiger charge is 2.30. The van der Waals surface area contributed by atoms with Gasteiger partial charge in [-0.05, 0) is 42.2 Å². The minimum atomic E-state index is 0.0579. The number of ether oxygens (including phenoxy) is 2. The second-order valence-corrected chi connectivity index (χ2v) is 8.48. The second-order valence-electron chi connectivity index (χ2n) is 8.48. The summed E-state index contributed by atoms with van der Waals surface area (Å²) in [5.74, 6) is 2.22. The predicted octanol–water partition coefficient (Wildman–Crippen LogP) is 3.73. The SMILES string of the molecule is COc1ccc([C@H]2CC(=O)c3cnc(N4CCN(c5ccccc5)CC4)nc3C2)cc1OC. The van der Waals surface area contributed by atoms with E-state index in [1.54, 1.807) is 20.4 Å². The van der Waals surface area contributed by atoms with Gasteiger partial charge in [0, 0.05) is 44.5 Å². The number of carbonyl (C=O) groups excluding carboxylic acids is 1. The Hall–Kier alpha value is -3.61. The highest BCUT2D eigenvalue weighted by molar-refractivity contribution is 5.98. The Bertz CT molecular complexity index is 1140. The zero-order valence-corrected chi connectivity index (χ0v) is 19.0. The molecule has 1 aliphatic carbocycles.